The van der Waals surface area contributed by atoms with E-state index < -0.39 is 3.07 Å². The summed E-state index contributed by atoms with van der Waals surface area (Å²) in [6.45, 7) is 3.80. The predicted molar refractivity (Wildman–Crippen MR) is 74.9 cm³/mol. The van der Waals surface area contributed by atoms with E-state index in [-0.39, 0.29) is 0 Å². The first-order valence-electron chi connectivity index (χ1n) is 3.71. The lowest BCUT2D eigenvalue weighted by atomic mass is 10.4. The second kappa shape index (κ2) is 4.76. The fourth-order valence-corrected chi connectivity index (χ4v) is 6.29. The first-order valence-corrected chi connectivity index (χ1v) is 12.1. The van der Waals surface area contributed by atoms with Gasteiger partial charge in [0, 0.05) is 0 Å². The van der Waals surface area contributed by atoms with Gasteiger partial charge in [0.25, 0.3) is 0 Å². The molecule has 0 unspecified atom stereocenters. The summed E-state index contributed by atoms with van der Waals surface area (Å²) < 4.78 is -1.26. The highest BCUT2D eigenvalue weighted by Gasteiger charge is 2.26. The van der Waals surface area contributed by atoms with Crippen molar-refractivity contribution in [3.8, 4) is 0 Å². The van der Waals surface area contributed by atoms with Crippen molar-refractivity contribution in [2.24, 2.45) is 0 Å². The van der Waals surface area contributed by atoms with Crippen LogP contribution < -0.4 is 5.19 Å². The SMILES string of the molecule is C=CC[Si](I)(I)c1ccccc1. The van der Waals surface area contributed by atoms with Gasteiger partial charge in [-0.25, -0.2) is 0 Å². The van der Waals surface area contributed by atoms with Gasteiger partial charge in [0.1, 0.15) is 0 Å². The molecule has 0 radical (unpaired) electrons. The third-order valence-corrected chi connectivity index (χ3v) is 9.96. The van der Waals surface area contributed by atoms with Crippen molar-refractivity contribution in [3.63, 3.8) is 0 Å². The van der Waals surface area contributed by atoms with Gasteiger partial charge in [-0.3, -0.25) is 0 Å². The Kier molecular flexibility index (Phi) is 4.25. The quantitative estimate of drug-likeness (QED) is 0.316. The number of halogens is 2. The van der Waals surface area contributed by atoms with Crippen LogP contribution in [0.5, 0.6) is 0 Å². The number of rotatable bonds is 3. The summed E-state index contributed by atoms with van der Waals surface area (Å²) in [7, 11) is 0. The van der Waals surface area contributed by atoms with Crippen LogP contribution in [0.25, 0.3) is 0 Å². The highest BCUT2D eigenvalue weighted by Crippen LogP contribution is 2.26. The molecule has 1 rings (SSSR count). The minimum Gasteiger partial charge on any atom is -0.103 e. The van der Waals surface area contributed by atoms with Crippen LogP contribution in [0.15, 0.2) is 43.0 Å². The number of hydrogen-bond acceptors (Lipinski definition) is 0. The van der Waals surface area contributed by atoms with E-state index in [1.807, 2.05) is 6.08 Å². The van der Waals surface area contributed by atoms with Crippen molar-refractivity contribution in [3.05, 3.63) is 43.0 Å². The molecule has 0 nitrogen and oxygen atoms in total. The number of hydrogen-bond donors (Lipinski definition) is 0. The van der Waals surface area contributed by atoms with E-state index in [1.165, 1.54) is 5.19 Å². The van der Waals surface area contributed by atoms with Crippen molar-refractivity contribution in [1.82, 2.24) is 0 Å². The van der Waals surface area contributed by atoms with Gasteiger partial charge in [0.05, 0.1) is 0 Å². The maximum atomic E-state index is 3.80. The lowest BCUT2D eigenvalue weighted by Crippen LogP contribution is -2.33. The average Bonchev–Trinajstić information content (AvgIpc) is 2.06. The molecule has 0 saturated carbocycles. The molecule has 12 heavy (non-hydrogen) atoms. The lowest BCUT2D eigenvalue weighted by molar-refractivity contribution is 1.69. The van der Waals surface area contributed by atoms with Gasteiger partial charge < -0.3 is 0 Å². The molecule has 0 saturated heterocycles. The monoisotopic (exact) mass is 400 g/mol. The third-order valence-electron chi connectivity index (χ3n) is 1.60. The van der Waals surface area contributed by atoms with Crippen molar-refractivity contribution < 1.29 is 0 Å². The van der Waals surface area contributed by atoms with Gasteiger partial charge in [-0.2, -0.15) is 0 Å². The van der Waals surface area contributed by atoms with Crippen molar-refractivity contribution >= 4 is 51.8 Å². The first-order chi connectivity index (χ1) is 5.67. The van der Waals surface area contributed by atoms with Gasteiger partial charge >= 0.3 is 0 Å². The Morgan fingerprint density at radius 3 is 2.33 bits per heavy atom. The molecule has 1 aromatic rings. The average molecular weight is 400 g/mol. The molecule has 3 heteroatoms. The Hall–Kier alpha value is 0.637. The fraction of sp³-hybridized carbons (Fsp3) is 0.111. The normalized spacial score (nSPS) is 11.2. The summed E-state index contributed by atoms with van der Waals surface area (Å²) in [6, 6.07) is 11.9. The Morgan fingerprint density at radius 1 is 1.25 bits per heavy atom. The first kappa shape index (κ1) is 10.7. The lowest BCUT2D eigenvalue weighted by Gasteiger charge is -2.15. The molecule has 0 aliphatic rings. The largest absolute Gasteiger partial charge is 0.224 e. The Labute approximate surface area is 99.9 Å². The summed E-state index contributed by atoms with van der Waals surface area (Å²) in [5.74, 6) is 0. The maximum absolute atomic E-state index is 3.80. The molecule has 64 valence electrons. The molecule has 0 bridgehead atoms. The topological polar surface area (TPSA) is 0 Å². The second-order valence-corrected chi connectivity index (χ2v) is 22.2. The van der Waals surface area contributed by atoms with E-state index in [2.05, 4.69) is 80.5 Å². The van der Waals surface area contributed by atoms with Crippen molar-refractivity contribution in [2.45, 2.75) is 6.04 Å². The van der Waals surface area contributed by atoms with E-state index in [0.29, 0.717) is 0 Å². The smallest absolute Gasteiger partial charge is 0.103 e. The van der Waals surface area contributed by atoms with Gasteiger partial charge in [-0.15, -0.1) is 6.58 Å². The zero-order valence-corrected chi connectivity index (χ0v) is 11.9. The molecule has 0 fully saturated rings. The molecule has 0 heterocycles. The van der Waals surface area contributed by atoms with Crippen LogP contribution >= 0.6 is 43.6 Å². The van der Waals surface area contributed by atoms with E-state index in [4.69, 9.17) is 0 Å². The van der Waals surface area contributed by atoms with Crippen LogP contribution in [-0.2, 0) is 0 Å². The number of allylic oxidation sites excluding steroid dienone is 1. The van der Waals surface area contributed by atoms with Crippen LogP contribution in [0.2, 0.25) is 6.04 Å². The summed E-state index contributed by atoms with van der Waals surface area (Å²) in [5.41, 5.74) is 0. The molecule has 0 atom stereocenters. The zero-order valence-electron chi connectivity index (χ0n) is 6.63. The molecular formula is C9H10I2Si. The van der Waals surface area contributed by atoms with Gasteiger partial charge in [0.15, 0.2) is 0 Å². The van der Waals surface area contributed by atoms with E-state index in [1.54, 1.807) is 0 Å². The number of benzene rings is 1. The van der Waals surface area contributed by atoms with E-state index in [9.17, 15) is 0 Å². The van der Waals surface area contributed by atoms with E-state index >= 15 is 0 Å². The minimum absolute atomic E-state index is 1.14. The summed E-state index contributed by atoms with van der Waals surface area (Å²) in [5, 5.41) is 1.49. The summed E-state index contributed by atoms with van der Waals surface area (Å²) in [4.78, 5) is 0. The Bertz CT molecular complexity index is 256. The second-order valence-electron chi connectivity index (χ2n) is 2.56. The maximum Gasteiger partial charge on any atom is 0.224 e. The molecule has 1 aromatic carbocycles. The van der Waals surface area contributed by atoms with Crippen LogP contribution in [0.1, 0.15) is 0 Å². The summed E-state index contributed by atoms with van der Waals surface area (Å²) >= 11 is 5.19. The third kappa shape index (κ3) is 2.84. The molecular weight excluding hydrogens is 390 g/mol. The standard InChI is InChI=1S/C9H10I2Si/c1-2-8-12(10,11)9-6-4-3-5-7-9/h2-7H,1,8H2. The minimum atomic E-state index is -1.26. The summed E-state index contributed by atoms with van der Waals surface area (Å²) in [6.07, 6.45) is 2.03. The fourth-order valence-electron chi connectivity index (χ4n) is 0.981. The predicted octanol–water partition coefficient (Wildman–Crippen LogP) is 3.39. The van der Waals surface area contributed by atoms with Gasteiger partial charge in [-0.05, 0) is 11.2 Å². The molecule has 0 aromatic heterocycles. The van der Waals surface area contributed by atoms with Gasteiger partial charge in [0.2, 0.25) is 3.07 Å². The van der Waals surface area contributed by atoms with Crippen molar-refractivity contribution in [2.75, 3.05) is 0 Å². The molecule has 0 N–H and O–H groups in total. The van der Waals surface area contributed by atoms with Crippen LogP contribution in [0, 0.1) is 0 Å². The molecule has 0 aliphatic heterocycles. The van der Waals surface area contributed by atoms with Gasteiger partial charge in [-0.1, -0.05) is 80.0 Å². The highest BCUT2D eigenvalue weighted by atomic mass is 127. The van der Waals surface area contributed by atoms with E-state index in [0.717, 1.165) is 6.04 Å². The zero-order chi connectivity index (χ0) is 9.03. The van der Waals surface area contributed by atoms with Crippen LogP contribution in [0.4, 0.5) is 0 Å². The highest BCUT2D eigenvalue weighted by molar-refractivity contribution is 14.3. The van der Waals surface area contributed by atoms with Crippen LogP contribution in [0.3, 0.4) is 0 Å². The molecule has 0 spiro atoms. The Balaban J connectivity index is 2.89. The Morgan fingerprint density at radius 2 is 1.83 bits per heavy atom. The van der Waals surface area contributed by atoms with Crippen molar-refractivity contribution in [1.29, 1.82) is 0 Å². The van der Waals surface area contributed by atoms with Crippen LogP contribution in [-0.4, -0.2) is 3.07 Å². The molecule has 0 aliphatic carbocycles. The molecule has 0 amide bonds.